The second-order valence-corrected chi connectivity index (χ2v) is 5.60. The van der Waals surface area contributed by atoms with Crippen molar-refractivity contribution in [2.75, 3.05) is 19.6 Å². The molecule has 0 bridgehead atoms. The summed E-state index contributed by atoms with van der Waals surface area (Å²) >= 11 is 0. The van der Waals surface area contributed by atoms with E-state index in [1.165, 1.54) is 50.9 Å². The molecule has 1 unspecified atom stereocenters. The van der Waals surface area contributed by atoms with Gasteiger partial charge < -0.3 is 5.32 Å². The standard InChI is InChI=1S/C17H28N2/c1-3-12-18-16-10-13-19(14-11-16)17(4-2)15-8-6-5-7-9-15/h5-9,16-18H,3-4,10-14H2,1-2H3. The van der Waals surface area contributed by atoms with E-state index < -0.39 is 0 Å². The summed E-state index contributed by atoms with van der Waals surface area (Å²) in [5.74, 6) is 0. The summed E-state index contributed by atoms with van der Waals surface area (Å²) in [7, 11) is 0. The topological polar surface area (TPSA) is 15.3 Å². The molecule has 1 aliphatic rings. The summed E-state index contributed by atoms with van der Waals surface area (Å²) in [4.78, 5) is 2.67. The van der Waals surface area contributed by atoms with Crippen LogP contribution in [0.3, 0.4) is 0 Å². The van der Waals surface area contributed by atoms with Gasteiger partial charge in [-0.05, 0) is 37.8 Å². The Bertz CT molecular complexity index is 342. The summed E-state index contributed by atoms with van der Waals surface area (Å²) in [5.41, 5.74) is 1.48. The molecule has 1 aliphatic heterocycles. The van der Waals surface area contributed by atoms with Gasteiger partial charge in [0.25, 0.3) is 0 Å². The van der Waals surface area contributed by atoms with E-state index >= 15 is 0 Å². The lowest BCUT2D eigenvalue weighted by Gasteiger charge is -2.37. The van der Waals surface area contributed by atoms with E-state index in [4.69, 9.17) is 0 Å². The minimum atomic E-state index is 0.605. The van der Waals surface area contributed by atoms with Gasteiger partial charge in [-0.2, -0.15) is 0 Å². The van der Waals surface area contributed by atoms with Crippen molar-refractivity contribution in [1.29, 1.82) is 0 Å². The summed E-state index contributed by atoms with van der Waals surface area (Å²) in [6.45, 7) is 8.17. The Morgan fingerprint density at radius 2 is 1.84 bits per heavy atom. The van der Waals surface area contributed by atoms with Gasteiger partial charge in [0.05, 0.1) is 0 Å². The zero-order chi connectivity index (χ0) is 13.5. The van der Waals surface area contributed by atoms with Crippen molar-refractivity contribution in [1.82, 2.24) is 10.2 Å². The van der Waals surface area contributed by atoms with E-state index in [-0.39, 0.29) is 0 Å². The molecule has 0 spiro atoms. The fourth-order valence-electron chi connectivity index (χ4n) is 3.14. The second-order valence-electron chi connectivity index (χ2n) is 5.60. The molecule has 1 fully saturated rings. The molecule has 2 rings (SSSR count). The molecule has 0 radical (unpaired) electrons. The van der Waals surface area contributed by atoms with E-state index in [0.29, 0.717) is 6.04 Å². The second kappa shape index (κ2) is 7.66. The Balaban J connectivity index is 1.89. The van der Waals surface area contributed by atoms with E-state index in [1.54, 1.807) is 0 Å². The van der Waals surface area contributed by atoms with Crippen LogP contribution in [0.1, 0.15) is 51.1 Å². The maximum atomic E-state index is 3.66. The van der Waals surface area contributed by atoms with E-state index in [1.807, 2.05) is 0 Å². The third kappa shape index (κ3) is 4.05. The quantitative estimate of drug-likeness (QED) is 0.840. The Morgan fingerprint density at radius 1 is 1.16 bits per heavy atom. The summed E-state index contributed by atoms with van der Waals surface area (Å²) in [6.07, 6.45) is 5.03. The van der Waals surface area contributed by atoms with E-state index in [2.05, 4.69) is 54.4 Å². The molecule has 1 aromatic carbocycles. The van der Waals surface area contributed by atoms with Gasteiger partial charge in [-0.3, -0.25) is 4.90 Å². The Hall–Kier alpha value is -0.860. The molecule has 1 aromatic rings. The first-order valence-electron chi connectivity index (χ1n) is 7.87. The van der Waals surface area contributed by atoms with Crippen LogP contribution in [0.4, 0.5) is 0 Å². The monoisotopic (exact) mass is 260 g/mol. The van der Waals surface area contributed by atoms with Crippen LogP contribution in [0.2, 0.25) is 0 Å². The lowest BCUT2D eigenvalue weighted by Crippen LogP contribution is -2.43. The lowest BCUT2D eigenvalue weighted by molar-refractivity contribution is 0.139. The van der Waals surface area contributed by atoms with Crippen LogP contribution in [-0.4, -0.2) is 30.6 Å². The third-order valence-electron chi connectivity index (χ3n) is 4.22. The van der Waals surface area contributed by atoms with Crippen LogP contribution in [0.25, 0.3) is 0 Å². The van der Waals surface area contributed by atoms with Crippen LogP contribution in [-0.2, 0) is 0 Å². The molecule has 1 saturated heterocycles. The van der Waals surface area contributed by atoms with E-state index in [9.17, 15) is 0 Å². The molecule has 2 heteroatoms. The number of rotatable bonds is 6. The van der Waals surface area contributed by atoms with Gasteiger partial charge in [0, 0.05) is 25.2 Å². The first kappa shape index (κ1) is 14.5. The largest absolute Gasteiger partial charge is 0.314 e. The highest BCUT2D eigenvalue weighted by atomic mass is 15.2. The van der Waals surface area contributed by atoms with Crippen molar-refractivity contribution in [3.8, 4) is 0 Å². The maximum Gasteiger partial charge on any atom is 0.0345 e. The Labute approximate surface area is 118 Å². The smallest absolute Gasteiger partial charge is 0.0345 e. The lowest BCUT2D eigenvalue weighted by atomic mass is 9.97. The van der Waals surface area contributed by atoms with Crippen LogP contribution in [0, 0.1) is 0 Å². The summed E-state index contributed by atoms with van der Waals surface area (Å²) < 4.78 is 0. The van der Waals surface area contributed by atoms with Gasteiger partial charge in [-0.25, -0.2) is 0 Å². The number of nitrogens with one attached hydrogen (secondary N) is 1. The van der Waals surface area contributed by atoms with Crippen LogP contribution in [0.15, 0.2) is 30.3 Å². The third-order valence-corrected chi connectivity index (χ3v) is 4.22. The van der Waals surface area contributed by atoms with Gasteiger partial charge in [-0.1, -0.05) is 44.2 Å². The molecule has 0 amide bonds. The fraction of sp³-hybridized carbons (Fsp3) is 0.647. The van der Waals surface area contributed by atoms with Crippen molar-refractivity contribution in [2.24, 2.45) is 0 Å². The van der Waals surface area contributed by atoms with Crippen molar-refractivity contribution in [3.05, 3.63) is 35.9 Å². The molecule has 2 nitrogen and oxygen atoms in total. The highest BCUT2D eigenvalue weighted by Gasteiger charge is 2.24. The first-order chi connectivity index (χ1) is 9.35. The van der Waals surface area contributed by atoms with E-state index in [0.717, 1.165) is 6.04 Å². The number of hydrogen-bond acceptors (Lipinski definition) is 2. The molecule has 1 atom stereocenters. The Kier molecular flexibility index (Phi) is 5.87. The van der Waals surface area contributed by atoms with Crippen LogP contribution in [0.5, 0.6) is 0 Å². The van der Waals surface area contributed by atoms with Crippen LogP contribution >= 0.6 is 0 Å². The average Bonchev–Trinajstić information content (AvgIpc) is 2.48. The molecular weight excluding hydrogens is 232 g/mol. The van der Waals surface area contributed by atoms with Gasteiger partial charge in [0.1, 0.15) is 0 Å². The molecule has 0 aromatic heterocycles. The van der Waals surface area contributed by atoms with Crippen molar-refractivity contribution >= 4 is 0 Å². The first-order valence-corrected chi connectivity index (χ1v) is 7.87. The normalized spacial score (nSPS) is 19.5. The molecule has 0 saturated carbocycles. The fourth-order valence-corrected chi connectivity index (χ4v) is 3.14. The molecule has 1 heterocycles. The van der Waals surface area contributed by atoms with Crippen molar-refractivity contribution in [3.63, 3.8) is 0 Å². The highest BCUT2D eigenvalue weighted by Crippen LogP contribution is 2.27. The Morgan fingerprint density at radius 3 is 2.42 bits per heavy atom. The van der Waals surface area contributed by atoms with Crippen molar-refractivity contribution in [2.45, 2.75) is 51.6 Å². The SMILES string of the molecule is CCCNC1CCN(C(CC)c2ccccc2)CC1. The number of nitrogens with zero attached hydrogens (tertiary/aromatic N) is 1. The molecule has 1 N–H and O–H groups in total. The zero-order valence-corrected chi connectivity index (χ0v) is 12.4. The van der Waals surface area contributed by atoms with Gasteiger partial charge in [0.15, 0.2) is 0 Å². The average molecular weight is 260 g/mol. The predicted octanol–water partition coefficient (Wildman–Crippen LogP) is 3.60. The zero-order valence-electron chi connectivity index (χ0n) is 12.4. The molecule has 19 heavy (non-hydrogen) atoms. The molecule has 0 aliphatic carbocycles. The summed E-state index contributed by atoms with van der Waals surface area (Å²) in [5, 5.41) is 3.66. The van der Waals surface area contributed by atoms with Gasteiger partial charge in [0.2, 0.25) is 0 Å². The van der Waals surface area contributed by atoms with Crippen molar-refractivity contribution < 1.29 is 0 Å². The van der Waals surface area contributed by atoms with Gasteiger partial charge >= 0.3 is 0 Å². The van der Waals surface area contributed by atoms with Crippen LogP contribution < -0.4 is 5.32 Å². The number of hydrogen-bond donors (Lipinski definition) is 1. The number of likely N-dealkylation sites (tertiary alicyclic amines) is 1. The number of benzene rings is 1. The molecular formula is C17H28N2. The predicted molar refractivity (Wildman–Crippen MR) is 82.4 cm³/mol. The summed E-state index contributed by atoms with van der Waals surface area (Å²) in [6, 6.07) is 12.3. The number of piperidine rings is 1. The minimum Gasteiger partial charge on any atom is -0.314 e. The van der Waals surface area contributed by atoms with Gasteiger partial charge in [-0.15, -0.1) is 0 Å². The maximum absolute atomic E-state index is 3.66. The molecule has 106 valence electrons. The minimum absolute atomic E-state index is 0.605. The highest BCUT2D eigenvalue weighted by molar-refractivity contribution is 5.19.